The van der Waals surface area contributed by atoms with Crippen LogP contribution in [0.15, 0.2) is 29.2 Å². The van der Waals surface area contributed by atoms with Gasteiger partial charge < -0.3 is 4.74 Å². The summed E-state index contributed by atoms with van der Waals surface area (Å²) in [6.45, 7) is 0. The van der Waals surface area contributed by atoms with Crippen LogP contribution in [-0.4, -0.2) is 13.1 Å². The number of hydrogen-bond donors (Lipinski definition) is 0. The Morgan fingerprint density at radius 2 is 1.23 bits per heavy atom. The maximum atomic E-state index is 12.6. The fourth-order valence-corrected chi connectivity index (χ4v) is 30.6. The Morgan fingerprint density at radius 1 is 0.661 bits per heavy atom. The van der Waals surface area contributed by atoms with Crippen molar-refractivity contribution in [1.82, 2.24) is 0 Å². The Morgan fingerprint density at radius 3 is 1.91 bits per heavy atom. The number of carbonyl (C=O) groups is 1. The van der Waals surface area contributed by atoms with Gasteiger partial charge in [0.2, 0.25) is 0 Å². The van der Waals surface area contributed by atoms with Crippen LogP contribution in [0.25, 0.3) is 9.40 Å². The summed E-state index contributed by atoms with van der Waals surface area (Å²) < 4.78 is 8.42. The summed E-state index contributed by atoms with van der Waals surface area (Å²) in [4.78, 5) is 14.5. The van der Waals surface area contributed by atoms with E-state index in [0.717, 1.165) is 137 Å². The first-order valence-corrected chi connectivity index (χ1v) is 26.5. The van der Waals surface area contributed by atoms with Gasteiger partial charge in [0, 0.05) is 36.9 Å². The lowest BCUT2D eigenvalue weighted by atomic mass is 9.41. The summed E-state index contributed by atoms with van der Waals surface area (Å²) in [6, 6.07) is 5.29. The average Bonchev–Trinajstić information content (AvgIpc) is 4.01. The van der Waals surface area contributed by atoms with Crippen molar-refractivity contribution in [3.05, 3.63) is 34.0 Å². The number of carbonyl (C=O) groups excluding carboxylic acids is 1. The van der Waals surface area contributed by atoms with Gasteiger partial charge in [0.25, 0.3) is 0 Å². The van der Waals surface area contributed by atoms with E-state index < -0.39 is 0 Å². The SMILES string of the molecule is COC(=O)CCCCC1(c2cc3sccc3s2)C23C=C4CC5CC6CC7CC8CC9CC%10CC(C2)C2C%11C%10C9C9C8C8C7C6C6C5C5C7C6C8C9C%11C7C2C31C45. The molecule has 30 atom stereocenters. The summed E-state index contributed by atoms with van der Waals surface area (Å²) in [5.74, 6) is 29.9. The van der Waals surface area contributed by atoms with E-state index in [1.807, 2.05) is 16.2 Å². The van der Waals surface area contributed by atoms with Crippen molar-refractivity contribution in [2.75, 3.05) is 7.11 Å². The van der Waals surface area contributed by atoms with Crippen LogP contribution in [0.1, 0.15) is 81.9 Å². The lowest BCUT2D eigenvalue weighted by molar-refractivity contribution is -0.154. The zero-order valence-corrected chi connectivity index (χ0v) is 34.6. The minimum Gasteiger partial charge on any atom is -0.469 e. The molecule has 16 saturated carbocycles. The number of methoxy groups -OCH3 is 1. The zero-order chi connectivity index (χ0) is 35.4. The number of thiophene rings is 2. The average molecular weight is 779 g/mol. The lowest BCUT2D eigenvalue weighted by Gasteiger charge is -2.62. The highest BCUT2D eigenvalue weighted by atomic mass is 32.1. The molecular formula is C52H58O2S2. The van der Waals surface area contributed by atoms with Crippen molar-refractivity contribution in [3.63, 3.8) is 0 Å². The number of rotatable bonds is 6. The van der Waals surface area contributed by atoms with Gasteiger partial charge in [-0.05, 0) is 242 Å². The molecule has 0 aromatic carbocycles. The molecule has 0 aliphatic heterocycles. The summed E-state index contributed by atoms with van der Waals surface area (Å²) in [5.41, 5.74) is 3.29. The molecule has 0 radical (unpaired) electrons. The highest BCUT2D eigenvalue weighted by Crippen LogP contribution is 3.03. The third kappa shape index (κ3) is 2.47. The topological polar surface area (TPSA) is 26.3 Å². The van der Waals surface area contributed by atoms with Gasteiger partial charge in [-0.3, -0.25) is 4.79 Å². The van der Waals surface area contributed by atoms with E-state index >= 15 is 0 Å². The summed E-state index contributed by atoms with van der Waals surface area (Å²) in [6.07, 6.45) is 20.6. The normalized spacial score (nSPS) is 69.8. The fourth-order valence-electron chi connectivity index (χ4n) is 28.1. The first-order chi connectivity index (χ1) is 27.6. The highest BCUT2D eigenvalue weighted by Gasteiger charge is 3.00. The number of fused-ring (bicyclic) bond motifs is 1. The van der Waals surface area contributed by atoms with E-state index in [9.17, 15) is 4.79 Å². The van der Waals surface area contributed by atoms with Crippen molar-refractivity contribution in [3.8, 4) is 0 Å². The van der Waals surface area contributed by atoms with Gasteiger partial charge in [0.15, 0.2) is 0 Å². The van der Waals surface area contributed by atoms with Crippen LogP contribution in [0, 0.1) is 171 Å². The van der Waals surface area contributed by atoms with Crippen molar-refractivity contribution in [1.29, 1.82) is 0 Å². The van der Waals surface area contributed by atoms with E-state index in [-0.39, 0.29) is 5.97 Å². The third-order valence-electron chi connectivity index (χ3n) is 26.5. The van der Waals surface area contributed by atoms with Gasteiger partial charge in [-0.25, -0.2) is 0 Å². The third-order valence-corrected chi connectivity index (χ3v) is 28.7. The molecule has 16 fully saturated rings. The minimum atomic E-state index is 0.0130. The molecule has 30 unspecified atom stereocenters. The van der Waals surface area contributed by atoms with Crippen LogP contribution in [0.3, 0.4) is 0 Å². The van der Waals surface area contributed by atoms with Crippen molar-refractivity contribution in [2.45, 2.75) is 82.5 Å². The number of unbranched alkanes of at least 4 members (excludes halogenated alkanes) is 1. The first kappa shape index (κ1) is 30.0. The highest BCUT2D eigenvalue weighted by molar-refractivity contribution is 7.27. The number of ether oxygens (including phenoxy) is 1. The van der Waals surface area contributed by atoms with Crippen LogP contribution in [0.5, 0.6) is 0 Å². The molecule has 0 bridgehead atoms. The summed E-state index contributed by atoms with van der Waals surface area (Å²) in [7, 11) is 1.60. The molecule has 2 aromatic heterocycles. The van der Waals surface area contributed by atoms with Gasteiger partial charge in [-0.1, -0.05) is 18.1 Å². The van der Waals surface area contributed by atoms with Crippen molar-refractivity contribution < 1.29 is 9.53 Å². The summed E-state index contributed by atoms with van der Waals surface area (Å²) in [5, 5.41) is 2.37. The second kappa shape index (κ2) is 8.66. The molecule has 0 saturated heterocycles. The molecule has 17 aliphatic rings. The van der Waals surface area contributed by atoms with E-state index in [1.54, 1.807) is 61.5 Å². The van der Waals surface area contributed by atoms with Crippen LogP contribution in [-0.2, 0) is 14.9 Å². The quantitative estimate of drug-likeness (QED) is 0.166. The molecule has 56 heavy (non-hydrogen) atoms. The Hall–Kier alpha value is -1.13. The van der Waals surface area contributed by atoms with E-state index in [4.69, 9.17) is 4.74 Å². The molecular weight excluding hydrogens is 721 g/mol. The van der Waals surface area contributed by atoms with Crippen molar-refractivity contribution in [2.24, 2.45) is 171 Å². The molecule has 1 spiro atoms. The van der Waals surface area contributed by atoms with Crippen LogP contribution >= 0.6 is 22.7 Å². The van der Waals surface area contributed by atoms with Gasteiger partial charge >= 0.3 is 5.97 Å². The van der Waals surface area contributed by atoms with Crippen LogP contribution < -0.4 is 0 Å². The maximum absolute atomic E-state index is 12.6. The predicted octanol–water partition coefficient (Wildman–Crippen LogP) is 10.8. The van der Waals surface area contributed by atoms with Crippen LogP contribution in [0.4, 0.5) is 0 Å². The standard InChI is InChI=1S/C52H58O2S2/c1-54-29(53)4-2-3-6-51(28-15-27-26(56-28)5-7-55-27)50-16-24-13-22-11-20-10-21-9-18-8-19-12-23-14-25(17-50)48-46-35(23)39-31(19)30(18)37-34(21)38-32(20)33(22)40-36(24)49(52(48,50)51)47-44(40)42(38)41(37)43(39)45(46)47/h5,7,15,17-24,30-49H,2-4,6,8-14,16H2,1H3. The fraction of sp³-hybridized carbons (Fsp3) is 0.827. The van der Waals surface area contributed by atoms with E-state index in [1.165, 1.54) is 48.9 Å². The van der Waals surface area contributed by atoms with Gasteiger partial charge in [-0.15, -0.1) is 22.7 Å². The largest absolute Gasteiger partial charge is 0.469 e. The Kier molecular flexibility index (Phi) is 4.64. The lowest BCUT2D eigenvalue weighted by Crippen LogP contribution is -2.59. The van der Waals surface area contributed by atoms with E-state index in [0.29, 0.717) is 22.7 Å². The molecule has 4 heteroatoms. The Labute approximate surface area is 340 Å². The van der Waals surface area contributed by atoms with Gasteiger partial charge in [0.05, 0.1) is 7.11 Å². The van der Waals surface area contributed by atoms with Gasteiger partial charge in [0.1, 0.15) is 0 Å². The molecule has 17 aliphatic carbocycles. The van der Waals surface area contributed by atoms with Crippen LogP contribution in [0.2, 0.25) is 0 Å². The second-order valence-corrected chi connectivity index (χ2v) is 27.6. The number of hydrogen-bond acceptors (Lipinski definition) is 4. The predicted molar refractivity (Wildman–Crippen MR) is 216 cm³/mol. The monoisotopic (exact) mass is 778 g/mol. The molecule has 290 valence electrons. The minimum absolute atomic E-state index is 0.0130. The Bertz CT molecular complexity index is 2290. The second-order valence-electron chi connectivity index (χ2n) is 25.5. The molecule has 2 aromatic rings. The first-order valence-electron chi connectivity index (χ1n) is 24.9. The smallest absolute Gasteiger partial charge is 0.305 e. The Balaban J connectivity index is 0.914. The summed E-state index contributed by atoms with van der Waals surface area (Å²) >= 11 is 4.30. The molecule has 0 N–H and O–H groups in total. The molecule has 2 heterocycles. The van der Waals surface area contributed by atoms with E-state index in [2.05, 4.69) is 40.5 Å². The maximum Gasteiger partial charge on any atom is 0.305 e. The number of allylic oxidation sites excluding steroid dienone is 2. The van der Waals surface area contributed by atoms with Crippen molar-refractivity contribution >= 4 is 38.0 Å². The molecule has 19 rings (SSSR count). The molecule has 0 amide bonds. The van der Waals surface area contributed by atoms with Gasteiger partial charge in [-0.2, -0.15) is 0 Å². The number of esters is 1. The molecule has 2 nitrogen and oxygen atoms in total. The zero-order valence-electron chi connectivity index (χ0n) is 33.0.